The number of thioether (sulfide) groups is 1. The van der Waals surface area contributed by atoms with E-state index in [0.717, 1.165) is 73.5 Å². The van der Waals surface area contributed by atoms with Crippen LogP contribution in [0.1, 0.15) is 22.8 Å². The summed E-state index contributed by atoms with van der Waals surface area (Å²) in [4.78, 5) is 22.9. The Bertz CT molecular complexity index is 911. The van der Waals surface area contributed by atoms with Crippen molar-refractivity contribution in [3.05, 3.63) is 120 Å². The zero-order valence-electron chi connectivity index (χ0n) is 20.0. The second-order valence-electron chi connectivity index (χ2n) is 8.32. The lowest BCUT2D eigenvalue weighted by molar-refractivity contribution is 0.264. The third-order valence-corrected chi connectivity index (χ3v) is 6.49. The first-order valence-corrected chi connectivity index (χ1v) is 13.1. The Labute approximate surface area is 212 Å². The van der Waals surface area contributed by atoms with Gasteiger partial charge in [0.25, 0.3) is 0 Å². The molecule has 180 valence electrons. The lowest BCUT2D eigenvalue weighted by atomic mass is 10.3. The van der Waals surface area contributed by atoms with Crippen molar-refractivity contribution >= 4 is 11.8 Å². The van der Waals surface area contributed by atoms with Gasteiger partial charge in [-0.15, -0.1) is 0 Å². The Morgan fingerprint density at radius 3 is 1.03 bits per heavy atom. The predicted molar refractivity (Wildman–Crippen MR) is 143 cm³/mol. The molecule has 0 saturated heterocycles. The van der Waals surface area contributed by atoms with Crippen molar-refractivity contribution < 1.29 is 0 Å². The molecule has 0 N–H and O–H groups in total. The van der Waals surface area contributed by atoms with Gasteiger partial charge in [-0.1, -0.05) is 24.3 Å². The van der Waals surface area contributed by atoms with E-state index in [1.807, 2.05) is 85.1 Å². The minimum Gasteiger partial charge on any atom is -0.291 e. The zero-order chi connectivity index (χ0) is 24.0. The van der Waals surface area contributed by atoms with Crippen LogP contribution in [0.5, 0.6) is 0 Å². The van der Waals surface area contributed by atoms with Gasteiger partial charge in [-0.25, -0.2) is 0 Å². The molecule has 6 nitrogen and oxygen atoms in total. The molecule has 0 bridgehead atoms. The van der Waals surface area contributed by atoms with E-state index in [0.29, 0.717) is 0 Å². The monoisotopic (exact) mass is 484 g/mol. The van der Waals surface area contributed by atoms with Gasteiger partial charge in [0.15, 0.2) is 0 Å². The summed E-state index contributed by atoms with van der Waals surface area (Å²) in [5, 5.41) is 0. The molecule has 0 amide bonds. The van der Waals surface area contributed by atoms with Crippen LogP contribution >= 0.6 is 11.8 Å². The van der Waals surface area contributed by atoms with Crippen LogP contribution in [-0.4, -0.2) is 54.3 Å². The molecule has 0 aliphatic rings. The van der Waals surface area contributed by atoms with Crippen molar-refractivity contribution in [2.45, 2.75) is 26.2 Å². The van der Waals surface area contributed by atoms with Crippen molar-refractivity contribution in [2.75, 3.05) is 24.6 Å². The number of hydrogen-bond donors (Lipinski definition) is 0. The number of hydrogen-bond acceptors (Lipinski definition) is 7. The highest BCUT2D eigenvalue weighted by Gasteiger charge is 2.11. The minimum atomic E-state index is 0.823. The van der Waals surface area contributed by atoms with Crippen LogP contribution in [0.4, 0.5) is 0 Å². The number of nitrogens with zero attached hydrogens (tertiary/aromatic N) is 6. The molecule has 0 atom stereocenters. The molecular formula is C28H32N6S. The van der Waals surface area contributed by atoms with E-state index in [1.54, 1.807) is 0 Å². The molecule has 4 heterocycles. The first-order chi connectivity index (χ1) is 17.3. The smallest absolute Gasteiger partial charge is 0.0544 e. The standard InChI is InChI=1S/C28H32N6S/c1-5-13-29-25(9-1)21-33(22-26-10-2-6-14-30-26)17-19-35-20-18-34(23-27-11-3-7-15-31-27)24-28-12-4-8-16-32-28/h1-16H,17-24H2. The SMILES string of the molecule is c1ccc(CN(CCSCCN(Cc2ccccn2)Cc2ccccn2)Cc2ccccn2)nc1. The molecule has 0 aromatic carbocycles. The third-order valence-electron chi connectivity index (χ3n) is 5.55. The summed E-state index contributed by atoms with van der Waals surface area (Å²) in [5.74, 6) is 2.11. The van der Waals surface area contributed by atoms with E-state index in [-0.39, 0.29) is 0 Å². The molecule has 0 aliphatic heterocycles. The Kier molecular flexibility index (Phi) is 10.2. The fourth-order valence-corrected chi connectivity index (χ4v) is 4.78. The summed E-state index contributed by atoms with van der Waals surface area (Å²) in [6.45, 7) is 5.26. The topological polar surface area (TPSA) is 58.0 Å². The van der Waals surface area contributed by atoms with Crippen LogP contribution < -0.4 is 0 Å². The Hall–Kier alpha value is -3.13. The van der Waals surface area contributed by atoms with E-state index in [2.05, 4.69) is 54.0 Å². The van der Waals surface area contributed by atoms with Gasteiger partial charge in [-0.3, -0.25) is 29.7 Å². The summed E-state index contributed by atoms with van der Waals surface area (Å²) >= 11 is 1.99. The summed E-state index contributed by atoms with van der Waals surface area (Å²) < 4.78 is 0. The van der Waals surface area contributed by atoms with E-state index in [1.165, 1.54) is 0 Å². The van der Waals surface area contributed by atoms with Crippen molar-refractivity contribution in [1.82, 2.24) is 29.7 Å². The molecule has 0 saturated carbocycles. The highest BCUT2D eigenvalue weighted by Crippen LogP contribution is 2.12. The number of rotatable bonds is 14. The zero-order valence-corrected chi connectivity index (χ0v) is 20.8. The molecule has 0 fully saturated rings. The third kappa shape index (κ3) is 9.20. The van der Waals surface area contributed by atoms with Crippen molar-refractivity contribution in [2.24, 2.45) is 0 Å². The molecule has 7 heteroatoms. The van der Waals surface area contributed by atoms with Crippen molar-refractivity contribution in [3.63, 3.8) is 0 Å². The first kappa shape index (κ1) is 25.0. The minimum absolute atomic E-state index is 0.823. The average molecular weight is 485 g/mol. The fourth-order valence-electron chi connectivity index (χ4n) is 3.80. The van der Waals surface area contributed by atoms with E-state index in [9.17, 15) is 0 Å². The second-order valence-corrected chi connectivity index (χ2v) is 9.54. The maximum atomic E-state index is 4.52. The van der Waals surface area contributed by atoms with E-state index >= 15 is 0 Å². The van der Waals surface area contributed by atoms with Crippen LogP contribution in [0.3, 0.4) is 0 Å². The van der Waals surface area contributed by atoms with Crippen molar-refractivity contribution in [1.29, 1.82) is 0 Å². The summed E-state index contributed by atoms with van der Waals surface area (Å²) in [6, 6.07) is 24.4. The summed E-state index contributed by atoms with van der Waals surface area (Å²) in [5.41, 5.74) is 4.35. The molecule has 0 spiro atoms. The Balaban J connectivity index is 1.28. The average Bonchev–Trinajstić information content (AvgIpc) is 2.91. The Morgan fingerprint density at radius 1 is 0.457 bits per heavy atom. The van der Waals surface area contributed by atoms with Crippen molar-refractivity contribution in [3.8, 4) is 0 Å². The Morgan fingerprint density at radius 2 is 0.771 bits per heavy atom. The fraction of sp³-hybridized carbons (Fsp3) is 0.286. The molecule has 35 heavy (non-hydrogen) atoms. The quantitative estimate of drug-likeness (QED) is 0.240. The molecule has 0 radical (unpaired) electrons. The molecular weight excluding hydrogens is 452 g/mol. The van der Waals surface area contributed by atoms with Crippen LogP contribution in [0.25, 0.3) is 0 Å². The van der Waals surface area contributed by atoms with Crippen LogP contribution in [-0.2, 0) is 26.2 Å². The molecule has 0 unspecified atom stereocenters. The largest absolute Gasteiger partial charge is 0.291 e. The highest BCUT2D eigenvalue weighted by atomic mass is 32.2. The first-order valence-electron chi connectivity index (χ1n) is 12.0. The molecule has 0 aliphatic carbocycles. The lowest BCUT2D eigenvalue weighted by Gasteiger charge is -2.23. The van der Waals surface area contributed by atoms with E-state index < -0.39 is 0 Å². The lowest BCUT2D eigenvalue weighted by Crippen LogP contribution is -2.28. The highest BCUT2D eigenvalue weighted by molar-refractivity contribution is 7.99. The van der Waals surface area contributed by atoms with Crippen LogP contribution in [0.15, 0.2) is 97.6 Å². The van der Waals surface area contributed by atoms with Gasteiger partial charge in [0, 0.05) is 75.6 Å². The second kappa shape index (κ2) is 14.3. The summed E-state index contributed by atoms with van der Waals surface area (Å²) in [7, 11) is 0. The van der Waals surface area contributed by atoms with Gasteiger partial charge in [-0.2, -0.15) is 11.8 Å². The van der Waals surface area contributed by atoms with E-state index in [4.69, 9.17) is 0 Å². The number of aromatic nitrogens is 4. The predicted octanol–water partition coefficient (Wildman–Crippen LogP) is 4.70. The van der Waals surface area contributed by atoms with Gasteiger partial charge in [-0.05, 0) is 48.5 Å². The maximum Gasteiger partial charge on any atom is 0.0544 e. The molecule has 4 aromatic rings. The van der Waals surface area contributed by atoms with Gasteiger partial charge in [0.05, 0.1) is 22.8 Å². The van der Waals surface area contributed by atoms with Gasteiger partial charge in [0.1, 0.15) is 0 Å². The normalized spacial score (nSPS) is 11.3. The van der Waals surface area contributed by atoms with Crippen LogP contribution in [0, 0.1) is 0 Å². The van der Waals surface area contributed by atoms with Crippen LogP contribution in [0.2, 0.25) is 0 Å². The molecule has 4 aromatic heterocycles. The maximum absolute atomic E-state index is 4.52. The molecule has 4 rings (SSSR count). The van der Waals surface area contributed by atoms with Gasteiger partial charge < -0.3 is 0 Å². The van der Waals surface area contributed by atoms with Gasteiger partial charge >= 0.3 is 0 Å². The number of pyridine rings is 4. The summed E-state index contributed by atoms with van der Waals surface area (Å²) in [6.07, 6.45) is 7.45. The van der Waals surface area contributed by atoms with Gasteiger partial charge in [0.2, 0.25) is 0 Å².